The molecule has 0 aromatic carbocycles. The number of azo groups is 1. The molecule has 0 bridgehead atoms. The first-order valence-corrected chi connectivity index (χ1v) is 4.15. The van der Waals surface area contributed by atoms with E-state index in [1.54, 1.807) is 6.20 Å². The van der Waals surface area contributed by atoms with Crippen LogP contribution in [0.1, 0.15) is 12.8 Å². The van der Waals surface area contributed by atoms with Crippen LogP contribution in [0.2, 0.25) is 0 Å². The van der Waals surface area contributed by atoms with Gasteiger partial charge in [-0.1, -0.05) is 18.2 Å². The van der Waals surface area contributed by atoms with E-state index in [4.69, 9.17) is 4.74 Å². The van der Waals surface area contributed by atoms with Crippen LogP contribution in [0.5, 0.6) is 0 Å². The lowest BCUT2D eigenvalue weighted by Crippen LogP contribution is -2.26. The minimum atomic E-state index is 0.0902. The fraction of sp³-hybridized carbons (Fsp3) is 0.444. The Labute approximate surface area is 71.8 Å². The van der Waals surface area contributed by atoms with Gasteiger partial charge in [-0.05, 0) is 12.8 Å². The first-order valence-electron chi connectivity index (χ1n) is 4.15. The van der Waals surface area contributed by atoms with Crippen LogP contribution in [0.15, 0.2) is 34.7 Å². The van der Waals surface area contributed by atoms with Gasteiger partial charge < -0.3 is 4.74 Å². The third-order valence-electron chi connectivity index (χ3n) is 1.96. The van der Waals surface area contributed by atoms with Crippen LogP contribution in [0.25, 0.3) is 0 Å². The molecule has 1 radical (unpaired) electrons. The largest absolute Gasteiger partial charge is 0.366 e. The third-order valence-corrected chi connectivity index (χ3v) is 1.96. The molecule has 2 rings (SSSR count). The summed E-state index contributed by atoms with van der Waals surface area (Å²) in [5.74, 6) is 0. The van der Waals surface area contributed by atoms with Gasteiger partial charge in [-0.25, -0.2) is 0 Å². The van der Waals surface area contributed by atoms with Crippen molar-refractivity contribution in [2.45, 2.75) is 25.0 Å². The highest BCUT2D eigenvalue weighted by molar-refractivity contribution is 5.04. The molecular formula is C9H11N2O. The van der Waals surface area contributed by atoms with Crippen LogP contribution in [-0.2, 0) is 4.74 Å². The fourth-order valence-electron chi connectivity index (χ4n) is 1.32. The molecule has 0 aliphatic carbocycles. The van der Waals surface area contributed by atoms with Gasteiger partial charge in [-0.15, -0.1) is 0 Å². The number of nitrogens with zero attached hydrogens (tertiary/aromatic N) is 2. The highest BCUT2D eigenvalue weighted by atomic mass is 16.5. The Balaban J connectivity index is 1.99. The van der Waals surface area contributed by atoms with Crippen molar-refractivity contribution >= 4 is 0 Å². The average molecular weight is 163 g/mol. The Morgan fingerprint density at radius 3 is 3.00 bits per heavy atom. The van der Waals surface area contributed by atoms with Gasteiger partial charge >= 0.3 is 0 Å². The Kier molecular flexibility index (Phi) is 2.32. The molecule has 0 N–H and O–H groups in total. The molecule has 2 aliphatic heterocycles. The highest BCUT2D eigenvalue weighted by Crippen LogP contribution is 2.19. The van der Waals surface area contributed by atoms with Gasteiger partial charge in [0.2, 0.25) is 0 Å². The summed E-state index contributed by atoms with van der Waals surface area (Å²) in [4.78, 5) is 0. The third kappa shape index (κ3) is 1.61. The van der Waals surface area contributed by atoms with Crippen LogP contribution in [0.4, 0.5) is 0 Å². The second-order valence-corrected chi connectivity index (χ2v) is 2.85. The molecule has 0 spiro atoms. The van der Waals surface area contributed by atoms with Crippen molar-refractivity contribution in [3.05, 3.63) is 31.0 Å². The summed E-state index contributed by atoms with van der Waals surface area (Å²) < 4.78 is 5.42. The van der Waals surface area contributed by atoms with Gasteiger partial charge in [0.25, 0.3) is 0 Å². The molecule has 2 atom stereocenters. The summed E-state index contributed by atoms with van der Waals surface area (Å²) in [7, 11) is 0. The van der Waals surface area contributed by atoms with Crippen molar-refractivity contribution < 1.29 is 4.74 Å². The first kappa shape index (κ1) is 7.68. The summed E-state index contributed by atoms with van der Waals surface area (Å²) >= 11 is 0. The lowest BCUT2D eigenvalue weighted by atomic mass is 10.1. The quantitative estimate of drug-likeness (QED) is 0.546. The van der Waals surface area contributed by atoms with Crippen molar-refractivity contribution in [2.75, 3.05) is 0 Å². The second-order valence-electron chi connectivity index (χ2n) is 2.85. The molecule has 0 fully saturated rings. The zero-order chi connectivity index (χ0) is 8.23. The van der Waals surface area contributed by atoms with Gasteiger partial charge in [0.15, 0.2) is 0 Å². The number of rotatable bonds is 1. The Morgan fingerprint density at radius 1 is 1.33 bits per heavy atom. The van der Waals surface area contributed by atoms with E-state index in [1.165, 1.54) is 0 Å². The van der Waals surface area contributed by atoms with E-state index < -0.39 is 0 Å². The number of ether oxygens (including phenoxy) is 1. The zero-order valence-corrected chi connectivity index (χ0v) is 6.76. The van der Waals surface area contributed by atoms with Gasteiger partial charge in [-0.2, -0.15) is 10.2 Å². The Hall–Kier alpha value is -0.960. The Bertz CT molecular complexity index is 233. The monoisotopic (exact) mass is 163 g/mol. The van der Waals surface area contributed by atoms with Crippen molar-refractivity contribution in [1.29, 1.82) is 0 Å². The second kappa shape index (κ2) is 3.63. The smallest absolute Gasteiger partial charge is 0.104 e. The van der Waals surface area contributed by atoms with Crippen molar-refractivity contribution in [1.82, 2.24) is 0 Å². The molecular weight excluding hydrogens is 152 g/mol. The number of hydrogen-bond donors (Lipinski definition) is 0. The van der Waals surface area contributed by atoms with E-state index >= 15 is 0 Å². The molecule has 0 aromatic heterocycles. The molecule has 0 amide bonds. The van der Waals surface area contributed by atoms with Crippen molar-refractivity contribution in [2.24, 2.45) is 10.2 Å². The average Bonchev–Trinajstić information content (AvgIpc) is 2.21. The van der Waals surface area contributed by atoms with E-state index in [0.29, 0.717) is 0 Å². The molecule has 2 unspecified atom stereocenters. The highest BCUT2D eigenvalue weighted by Gasteiger charge is 2.21. The normalized spacial score (nSPS) is 34.0. The van der Waals surface area contributed by atoms with Gasteiger partial charge in [0.05, 0.1) is 6.61 Å². The van der Waals surface area contributed by atoms with E-state index in [0.717, 1.165) is 12.8 Å². The molecule has 12 heavy (non-hydrogen) atoms. The standard InChI is InChI=1S/C9H11N2O/c1-2-7-12-9(5-1)8-4-3-6-10-11-8/h1,3,5-9H,2,4H2. The first-order chi connectivity index (χ1) is 5.97. The maximum absolute atomic E-state index is 5.42. The minimum absolute atomic E-state index is 0.0902. The van der Waals surface area contributed by atoms with Crippen LogP contribution < -0.4 is 0 Å². The van der Waals surface area contributed by atoms with Gasteiger partial charge in [0, 0.05) is 6.20 Å². The molecule has 63 valence electrons. The maximum Gasteiger partial charge on any atom is 0.104 e. The summed E-state index contributed by atoms with van der Waals surface area (Å²) in [6.45, 7) is 1.82. The molecule has 3 nitrogen and oxygen atoms in total. The van der Waals surface area contributed by atoms with Crippen LogP contribution >= 0.6 is 0 Å². The fourth-order valence-corrected chi connectivity index (χ4v) is 1.32. The molecule has 0 saturated carbocycles. The van der Waals surface area contributed by atoms with Crippen molar-refractivity contribution in [3.8, 4) is 0 Å². The van der Waals surface area contributed by atoms with Gasteiger partial charge in [0.1, 0.15) is 12.1 Å². The van der Waals surface area contributed by atoms with Crippen LogP contribution in [0.3, 0.4) is 0 Å². The summed E-state index contributed by atoms with van der Waals surface area (Å²) in [5.41, 5.74) is 0. The zero-order valence-electron chi connectivity index (χ0n) is 6.76. The van der Waals surface area contributed by atoms with E-state index in [-0.39, 0.29) is 12.1 Å². The molecule has 0 saturated heterocycles. The lowest BCUT2D eigenvalue weighted by molar-refractivity contribution is 0.110. The molecule has 3 heteroatoms. The molecule has 2 heterocycles. The van der Waals surface area contributed by atoms with Gasteiger partial charge in [-0.3, -0.25) is 0 Å². The topological polar surface area (TPSA) is 34.0 Å². The van der Waals surface area contributed by atoms with Crippen LogP contribution in [0, 0.1) is 6.61 Å². The van der Waals surface area contributed by atoms with E-state index in [2.05, 4.69) is 22.4 Å². The minimum Gasteiger partial charge on any atom is -0.366 e. The van der Waals surface area contributed by atoms with Crippen molar-refractivity contribution in [3.63, 3.8) is 0 Å². The molecule has 2 aliphatic rings. The lowest BCUT2D eigenvalue weighted by Gasteiger charge is -2.22. The molecule has 0 aromatic rings. The summed E-state index contributed by atoms with van der Waals surface area (Å²) in [6, 6.07) is 0.169. The van der Waals surface area contributed by atoms with E-state index in [1.807, 2.05) is 12.7 Å². The van der Waals surface area contributed by atoms with E-state index in [9.17, 15) is 0 Å². The Morgan fingerprint density at radius 2 is 2.33 bits per heavy atom. The number of hydrogen-bond acceptors (Lipinski definition) is 3. The predicted octanol–water partition coefficient (Wildman–Crippen LogP) is 2.23. The SMILES string of the molecule is [CH]1CC=CC(C2CC=CN=N2)O1. The predicted molar refractivity (Wildman–Crippen MR) is 45.3 cm³/mol. The summed E-state index contributed by atoms with van der Waals surface area (Å²) in [5, 5.41) is 7.95. The maximum atomic E-state index is 5.42. The summed E-state index contributed by atoms with van der Waals surface area (Å²) in [6.07, 6.45) is 9.82. The van der Waals surface area contributed by atoms with Crippen LogP contribution in [-0.4, -0.2) is 12.1 Å².